The van der Waals surface area contributed by atoms with Crippen LogP contribution < -0.4 is 5.32 Å². The molecule has 0 radical (unpaired) electrons. The third-order valence-corrected chi connectivity index (χ3v) is 3.77. The van der Waals surface area contributed by atoms with E-state index in [2.05, 4.69) is 5.32 Å². The molecule has 0 saturated heterocycles. The van der Waals surface area contributed by atoms with Crippen molar-refractivity contribution in [3.8, 4) is 0 Å². The molecule has 0 aliphatic carbocycles. The quantitative estimate of drug-likeness (QED) is 0.881. The Morgan fingerprint density at radius 3 is 1.91 bits per heavy atom. The summed E-state index contributed by atoms with van der Waals surface area (Å²) in [6.07, 6.45) is -4.50. The van der Waals surface area contributed by atoms with Crippen LogP contribution in [0.25, 0.3) is 0 Å². The van der Waals surface area contributed by atoms with Crippen LogP contribution in [0, 0.1) is 0 Å². The second-order valence-corrected chi connectivity index (χ2v) is 5.28. The molecule has 0 saturated carbocycles. The molecular weight excluding hydrogens is 291 g/mol. The van der Waals surface area contributed by atoms with Crippen LogP contribution in [-0.4, -0.2) is 17.9 Å². The van der Waals surface area contributed by atoms with E-state index >= 15 is 0 Å². The summed E-state index contributed by atoms with van der Waals surface area (Å²) in [6, 6.07) is 15.5. The Balaban J connectivity index is 2.39. The maximum atomic E-state index is 13.7. The maximum Gasteiger partial charge on any atom is 0.410 e. The van der Waals surface area contributed by atoms with Crippen LogP contribution in [0.3, 0.4) is 0 Å². The second kappa shape index (κ2) is 6.50. The molecule has 0 aliphatic rings. The highest BCUT2D eigenvalue weighted by atomic mass is 19.4. The summed E-state index contributed by atoms with van der Waals surface area (Å²) >= 11 is 0. The van der Waals surface area contributed by atoms with Gasteiger partial charge in [-0.2, -0.15) is 13.2 Å². The first-order chi connectivity index (χ1) is 10.4. The number of nitrogens with one attached hydrogen (secondary N) is 1. The summed E-state index contributed by atoms with van der Waals surface area (Å²) in [5, 5.41) is 12.1. The van der Waals surface area contributed by atoms with Crippen LogP contribution in [0.2, 0.25) is 0 Å². The summed E-state index contributed by atoms with van der Waals surface area (Å²) < 4.78 is 41.0. The zero-order chi connectivity index (χ0) is 16.2. The van der Waals surface area contributed by atoms with E-state index in [0.29, 0.717) is 5.56 Å². The molecule has 2 rings (SSSR count). The molecule has 0 amide bonds. The van der Waals surface area contributed by atoms with E-state index in [1.54, 1.807) is 48.5 Å². The third-order valence-electron chi connectivity index (χ3n) is 3.77. The van der Waals surface area contributed by atoms with Crippen LogP contribution in [0.15, 0.2) is 60.7 Å². The van der Waals surface area contributed by atoms with Gasteiger partial charge in [0, 0.05) is 0 Å². The van der Waals surface area contributed by atoms with Crippen LogP contribution in [0.4, 0.5) is 13.2 Å². The number of benzene rings is 2. The fraction of sp³-hybridized carbons (Fsp3) is 0.294. The highest BCUT2D eigenvalue weighted by Crippen LogP contribution is 2.40. The molecule has 118 valence electrons. The summed E-state index contributed by atoms with van der Waals surface area (Å²) in [7, 11) is 0. The standard InChI is InChI=1S/C17H18F3NO/c1-16(17(18,19)20,14-10-6-3-7-11-14)21-15(12-22)13-8-4-2-5-9-13/h2-11,15,21-22H,12H2,1H3/t15-,16-/m0/s1. The van der Waals surface area contributed by atoms with E-state index < -0.39 is 24.4 Å². The van der Waals surface area contributed by atoms with Gasteiger partial charge >= 0.3 is 6.18 Å². The van der Waals surface area contributed by atoms with Crippen LogP contribution in [0.1, 0.15) is 24.1 Å². The van der Waals surface area contributed by atoms with Crippen LogP contribution in [0.5, 0.6) is 0 Å². The molecule has 2 aromatic rings. The fourth-order valence-electron chi connectivity index (χ4n) is 2.37. The van der Waals surface area contributed by atoms with Gasteiger partial charge in [0.25, 0.3) is 0 Å². The predicted octanol–water partition coefficient (Wildman–Crippen LogP) is 3.79. The van der Waals surface area contributed by atoms with Crippen LogP contribution in [-0.2, 0) is 5.54 Å². The van der Waals surface area contributed by atoms with E-state index in [1.807, 2.05) is 0 Å². The molecular formula is C17H18F3NO. The van der Waals surface area contributed by atoms with Gasteiger partial charge in [-0.3, -0.25) is 5.32 Å². The lowest BCUT2D eigenvalue weighted by molar-refractivity contribution is -0.198. The molecule has 2 N–H and O–H groups in total. The lowest BCUT2D eigenvalue weighted by Gasteiger charge is -2.37. The lowest BCUT2D eigenvalue weighted by Crippen LogP contribution is -2.53. The second-order valence-electron chi connectivity index (χ2n) is 5.28. The van der Waals surface area contributed by atoms with E-state index in [-0.39, 0.29) is 5.56 Å². The molecule has 0 heterocycles. The van der Waals surface area contributed by atoms with Crippen molar-refractivity contribution >= 4 is 0 Å². The summed E-state index contributed by atoms with van der Waals surface area (Å²) in [5.74, 6) is 0. The minimum atomic E-state index is -4.50. The highest BCUT2D eigenvalue weighted by Gasteiger charge is 2.53. The molecule has 0 spiro atoms. The molecule has 0 bridgehead atoms. The van der Waals surface area contributed by atoms with Crippen molar-refractivity contribution in [2.75, 3.05) is 6.61 Å². The van der Waals surface area contributed by atoms with Gasteiger partial charge in [-0.25, -0.2) is 0 Å². The number of halogens is 3. The zero-order valence-electron chi connectivity index (χ0n) is 12.1. The van der Waals surface area contributed by atoms with Crippen molar-refractivity contribution < 1.29 is 18.3 Å². The Kier molecular flexibility index (Phi) is 4.88. The predicted molar refractivity (Wildman–Crippen MR) is 79.3 cm³/mol. The Morgan fingerprint density at radius 1 is 0.955 bits per heavy atom. The first-order valence-corrected chi connectivity index (χ1v) is 6.94. The molecule has 2 aromatic carbocycles. The SMILES string of the molecule is C[C@](N[C@@H](CO)c1ccccc1)(c1ccccc1)C(F)(F)F. The van der Waals surface area contributed by atoms with E-state index in [9.17, 15) is 18.3 Å². The van der Waals surface area contributed by atoms with Gasteiger partial charge in [0.05, 0.1) is 12.6 Å². The van der Waals surface area contributed by atoms with Gasteiger partial charge in [-0.15, -0.1) is 0 Å². The molecule has 2 atom stereocenters. The topological polar surface area (TPSA) is 32.3 Å². The summed E-state index contributed by atoms with van der Waals surface area (Å²) in [4.78, 5) is 0. The van der Waals surface area contributed by atoms with Gasteiger partial charge in [0.15, 0.2) is 0 Å². The minimum absolute atomic E-state index is 0.108. The first kappa shape index (κ1) is 16.5. The minimum Gasteiger partial charge on any atom is -0.394 e. The lowest BCUT2D eigenvalue weighted by atomic mass is 9.89. The average Bonchev–Trinajstić information content (AvgIpc) is 2.53. The van der Waals surface area contributed by atoms with Gasteiger partial charge in [0.2, 0.25) is 0 Å². The van der Waals surface area contributed by atoms with Crippen LogP contribution >= 0.6 is 0 Å². The summed E-state index contributed by atoms with van der Waals surface area (Å²) in [6.45, 7) is 0.663. The molecule has 0 aliphatic heterocycles. The maximum absolute atomic E-state index is 13.7. The van der Waals surface area contributed by atoms with Crippen molar-refractivity contribution in [2.24, 2.45) is 0 Å². The number of aliphatic hydroxyl groups is 1. The van der Waals surface area contributed by atoms with Crippen molar-refractivity contribution in [3.05, 3.63) is 71.8 Å². The smallest absolute Gasteiger partial charge is 0.394 e. The molecule has 0 unspecified atom stereocenters. The zero-order valence-corrected chi connectivity index (χ0v) is 12.1. The average molecular weight is 309 g/mol. The fourth-order valence-corrected chi connectivity index (χ4v) is 2.37. The van der Waals surface area contributed by atoms with Crippen molar-refractivity contribution in [1.82, 2.24) is 5.32 Å². The number of aliphatic hydroxyl groups excluding tert-OH is 1. The molecule has 22 heavy (non-hydrogen) atoms. The van der Waals surface area contributed by atoms with Gasteiger partial charge in [0.1, 0.15) is 5.54 Å². The molecule has 0 fully saturated rings. The molecule has 2 nitrogen and oxygen atoms in total. The number of hydrogen-bond donors (Lipinski definition) is 2. The summed E-state index contributed by atoms with van der Waals surface area (Å²) in [5.41, 5.74) is -1.54. The van der Waals surface area contributed by atoms with Gasteiger partial charge < -0.3 is 5.11 Å². The van der Waals surface area contributed by atoms with Crippen molar-refractivity contribution in [3.63, 3.8) is 0 Å². The van der Waals surface area contributed by atoms with E-state index in [0.717, 1.165) is 6.92 Å². The largest absolute Gasteiger partial charge is 0.410 e. The Labute approximate surface area is 127 Å². The number of alkyl halides is 3. The third kappa shape index (κ3) is 3.31. The van der Waals surface area contributed by atoms with Gasteiger partial charge in [-0.05, 0) is 18.1 Å². The normalized spacial score (nSPS) is 16.0. The molecule has 5 heteroatoms. The molecule has 0 aromatic heterocycles. The Hall–Kier alpha value is -1.85. The van der Waals surface area contributed by atoms with Crippen molar-refractivity contribution in [1.29, 1.82) is 0 Å². The van der Waals surface area contributed by atoms with Crippen molar-refractivity contribution in [2.45, 2.75) is 24.7 Å². The van der Waals surface area contributed by atoms with E-state index in [1.165, 1.54) is 12.1 Å². The number of rotatable bonds is 5. The monoisotopic (exact) mass is 309 g/mol. The highest BCUT2D eigenvalue weighted by molar-refractivity contribution is 5.28. The Morgan fingerprint density at radius 2 is 1.45 bits per heavy atom. The van der Waals surface area contributed by atoms with E-state index in [4.69, 9.17) is 0 Å². The number of hydrogen-bond acceptors (Lipinski definition) is 2. The Bertz CT molecular complexity index is 586. The van der Waals surface area contributed by atoms with Gasteiger partial charge in [-0.1, -0.05) is 60.7 Å². The first-order valence-electron chi connectivity index (χ1n) is 6.94.